The zero-order chi connectivity index (χ0) is 15.4. The molecule has 1 aliphatic heterocycles. The van der Waals surface area contributed by atoms with Gasteiger partial charge in [-0.25, -0.2) is 0 Å². The van der Waals surface area contributed by atoms with Gasteiger partial charge >= 0.3 is 0 Å². The summed E-state index contributed by atoms with van der Waals surface area (Å²) in [7, 11) is 0. The number of nitrogens with zero attached hydrogens (tertiary/aromatic N) is 2. The molecule has 1 aromatic carbocycles. The molecule has 1 saturated carbocycles. The van der Waals surface area contributed by atoms with Crippen LogP contribution in [0.15, 0.2) is 24.3 Å². The van der Waals surface area contributed by atoms with E-state index in [1.54, 1.807) is 0 Å². The summed E-state index contributed by atoms with van der Waals surface area (Å²) in [6.45, 7) is 10.0. The number of benzene rings is 1. The van der Waals surface area contributed by atoms with E-state index in [1.165, 1.54) is 57.4 Å². The lowest BCUT2D eigenvalue weighted by Crippen LogP contribution is -2.49. The van der Waals surface area contributed by atoms with Crippen LogP contribution in [-0.2, 0) is 6.54 Å². The van der Waals surface area contributed by atoms with Gasteiger partial charge in [0.25, 0.3) is 0 Å². The van der Waals surface area contributed by atoms with Gasteiger partial charge in [0.05, 0.1) is 6.10 Å². The second kappa shape index (κ2) is 7.47. The SMILES string of the molecule is CC(C)Oc1ccccc1CN1CCN(C2CCCC2)CC1. The average Bonchev–Trinajstić information content (AvgIpc) is 3.04. The highest BCUT2D eigenvalue weighted by atomic mass is 16.5. The molecule has 0 amide bonds. The van der Waals surface area contributed by atoms with Gasteiger partial charge in [0.2, 0.25) is 0 Å². The first-order chi connectivity index (χ1) is 10.7. The molecule has 0 bridgehead atoms. The molecule has 1 aliphatic carbocycles. The lowest BCUT2D eigenvalue weighted by molar-refractivity contribution is 0.0927. The number of hydrogen-bond donors (Lipinski definition) is 0. The fourth-order valence-corrected chi connectivity index (χ4v) is 3.80. The van der Waals surface area contributed by atoms with Gasteiger partial charge in [0.1, 0.15) is 5.75 Å². The van der Waals surface area contributed by atoms with Crippen LogP contribution in [0.25, 0.3) is 0 Å². The van der Waals surface area contributed by atoms with E-state index in [0.717, 1.165) is 18.3 Å². The Morgan fingerprint density at radius 3 is 2.41 bits per heavy atom. The Hall–Kier alpha value is -1.06. The summed E-state index contributed by atoms with van der Waals surface area (Å²) in [6, 6.07) is 9.38. The molecule has 3 heteroatoms. The van der Waals surface area contributed by atoms with Crippen LogP contribution in [0, 0.1) is 0 Å². The molecule has 0 N–H and O–H groups in total. The maximum atomic E-state index is 5.95. The maximum Gasteiger partial charge on any atom is 0.124 e. The molecule has 0 atom stereocenters. The van der Waals surface area contributed by atoms with Crippen molar-refractivity contribution in [3.63, 3.8) is 0 Å². The average molecular weight is 302 g/mol. The minimum absolute atomic E-state index is 0.236. The van der Waals surface area contributed by atoms with Crippen LogP contribution in [-0.4, -0.2) is 48.1 Å². The van der Waals surface area contributed by atoms with Gasteiger partial charge in [0.15, 0.2) is 0 Å². The number of rotatable bonds is 5. The van der Waals surface area contributed by atoms with Crippen molar-refractivity contribution in [3.8, 4) is 5.75 Å². The predicted molar refractivity (Wildman–Crippen MR) is 91.3 cm³/mol. The third-order valence-corrected chi connectivity index (χ3v) is 4.98. The van der Waals surface area contributed by atoms with Gasteiger partial charge in [-0.2, -0.15) is 0 Å². The Labute approximate surface area is 135 Å². The lowest BCUT2D eigenvalue weighted by Gasteiger charge is -2.38. The first kappa shape index (κ1) is 15.8. The lowest BCUT2D eigenvalue weighted by atomic mass is 10.1. The molecule has 0 aromatic heterocycles. The minimum atomic E-state index is 0.236. The van der Waals surface area contributed by atoms with Crippen LogP contribution < -0.4 is 4.74 Å². The van der Waals surface area contributed by atoms with E-state index in [1.807, 2.05) is 0 Å². The third-order valence-electron chi connectivity index (χ3n) is 4.98. The number of para-hydroxylation sites is 1. The zero-order valence-electron chi connectivity index (χ0n) is 14.1. The number of ether oxygens (including phenoxy) is 1. The molecule has 2 fully saturated rings. The van der Waals surface area contributed by atoms with Crippen LogP contribution in [0.1, 0.15) is 45.1 Å². The van der Waals surface area contributed by atoms with E-state index in [2.05, 4.69) is 47.9 Å². The zero-order valence-corrected chi connectivity index (χ0v) is 14.1. The first-order valence-corrected chi connectivity index (χ1v) is 8.93. The monoisotopic (exact) mass is 302 g/mol. The van der Waals surface area contributed by atoms with Crippen LogP contribution in [0.5, 0.6) is 5.75 Å². The fraction of sp³-hybridized carbons (Fsp3) is 0.684. The van der Waals surface area contributed by atoms with E-state index in [9.17, 15) is 0 Å². The van der Waals surface area contributed by atoms with Gasteiger partial charge in [-0.1, -0.05) is 31.0 Å². The van der Waals surface area contributed by atoms with Crippen molar-refractivity contribution >= 4 is 0 Å². The molecule has 3 nitrogen and oxygen atoms in total. The van der Waals surface area contributed by atoms with E-state index in [0.29, 0.717) is 0 Å². The number of hydrogen-bond acceptors (Lipinski definition) is 3. The van der Waals surface area contributed by atoms with Crippen LogP contribution in [0.2, 0.25) is 0 Å². The van der Waals surface area contributed by atoms with Gasteiger partial charge < -0.3 is 4.74 Å². The fourth-order valence-electron chi connectivity index (χ4n) is 3.80. The largest absolute Gasteiger partial charge is 0.491 e. The molecule has 1 aromatic rings. The molecule has 0 radical (unpaired) electrons. The quantitative estimate of drug-likeness (QED) is 0.827. The minimum Gasteiger partial charge on any atom is -0.491 e. The van der Waals surface area contributed by atoms with Crippen LogP contribution in [0.4, 0.5) is 0 Å². The molecule has 1 saturated heterocycles. The summed E-state index contributed by atoms with van der Waals surface area (Å²) < 4.78 is 5.95. The molecule has 2 aliphatic rings. The highest BCUT2D eigenvalue weighted by molar-refractivity contribution is 5.33. The Morgan fingerprint density at radius 2 is 1.73 bits per heavy atom. The Morgan fingerprint density at radius 1 is 1.05 bits per heavy atom. The summed E-state index contributed by atoms with van der Waals surface area (Å²) in [4.78, 5) is 5.30. The molecule has 122 valence electrons. The van der Waals surface area contributed by atoms with Gasteiger partial charge in [0, 0.05) is 44.3 Å². The van der Waals surface area contributed by atoms with E-state index in [-0.39, 0.29) is 6.10 Å². The van der Waals surface area contributed by atoms with E-state index in [4.69, 9.17) is 4.74 Å². The molecule has 0 unspecified atom stereocenters. The topological polar surface area (TPSA) is 15.7 Å². The molecule has 22 heavy (non-hydrogen) atoms. The molecule has 0 spiro atoms. The van der Waals surface area contributed by atoms with E-state index >= 15 is 0 Å². The molecular formula is C19H30N2O. The number of piperazine rings is 1. The Bertz CT molecular complexity index is 460. The molecular weight excluding hydrogens is 272 g/mol. The van der Waals surface area contributed by atoms with Gasteiger partial charge in [-0.15, -0.1) is 0 Å². The van der Waals surface area contributed by atoms with Crippen molar-refractivity contribution in [1.29, 1.82) is 0 Å². The summed E-state index contributed by atoms with van der Waals surface area (Å²) in [5.41, 5.74) is 1.32. The second-order valence-electron chi connectivity index (χ2n) is 7.02. The predicted octanol–water partition coefficient (Wildman–Crippen LogP) is 3.53. The third kappa shape index (κ3) is 4.02. The van der Waals surface area contributed by atoms with Crippen LogP contribution in [0.3, 0.4) is 0 Å². The van der Waals surface area contributed by atoms with Crippen molar-refractivity contribution in [2.75, 3.05) is 26.2 Å². The van der Waals surface area contributed by atoms with E-state index < -0.39 is 0 Å². The van der Waals surface area contributed by atoms with Crippen molar-refractivity contribution in [2.24, 2.45) is 0 Å². The second-order valence-corrected chi connectivity index (χ2v) is 7.02. The normalized spacial score (nSPS) is 21.6. The van der Waals surface area contributed by atoms with Crippen molar-refractivity contribution in [2.45, 2.75) is 58.2 Å². The summed E-state index contributed by atoms with van der Waals surface area (Å²) in [5.74, 6) is 1.05. The van der Waals surface area contributed by atoms with Crippen molar-refractivity contribution in [3.05, 3.63) is 29.8 Å². The summed E-state index contributed by atoms with van der Waals surface area (Å²) >= 11 is 0. The Balaban J connectivity index is 1.54. The maximum absolute atomic E-state index is 5.95. The Kier molecular flexibility index (Phi) is 5.37. The van der Waals surface area contributed by atoms with Gasteiger partial charge in [-0.05, 0) is 32.8 Å². The smallest absolute Gasteiger partial charge is 0.124 e. The highest BCUT2D eigenvalue weighted by Gasteiger charge is 2.26. The standard InChI is InChI=1S/C19H30N2O/c1-16(2)22-19-10-6-3-7-17(19)15-20-11-13-21(14-12-20)18-8-4-5-9-18/h3,6-7,10,16,18H,4-5,8-9,11-15H2,1-2H3. The molecule has 1 heterocycles. The summed E-state index contributed by atoms with van der Waals surface area (Å²) in [6.07, 6.45) is 5.95. The summed E-state index contributed by atoms with van der Waals surface area (Å²) in [5, 5.41) is 0. The van der Waals surface area contributed by atoms with Gasteiger partial charge in [-0.3, -0.25) is 9.80 Å². The first-order valence-electron chi connectivity index (χ1n) is 8.93. The highest BCUT2D eigenvalue weighted by Crippen LogP contribution is 2.26. The van der Waals surface area contributed by atoms with Crippen molar-refractivity contribution < 1.29 is 4.74 Å². The molecule has 3 rings (SSSR count). The van der Waals surface area contributed by atoms with Crippen LogP contribution >= 0.6 is 0 Å². The van der Waals surface area contributed by atoms with Crippen molar-refractivity contribution in [1.82, 2.24) is 9.80 Å².